The summed E-state index contributed by atoms with van der Waals surface area (Å²) in [4.78, 5) is 13.9. The van der Waals surface area contributed by atoms with Gasteiger partial charge in [-0.2, -0.15) is 9.29 Å². The first kappa shape index (κ1) is 25.0. The third kappa shape index (κ3) is 4.84. The quantitative estimate of drug-likeness (QED) is 0.317. The molecule has 6 rings (SSSR count). The van der Waals surface area contributed by atoms with E-state index in [0.29, 0.717) is 53.2 Å². The van der Waals surface area contributed by atoms with E-state index in [1.165, 1.54) is 29.8 Å². The number of hydrogen-bond donors (Lipinski definition) is 1. The van der Waals surface area contributed by atoms with Gasteiger partial charge in [0.15, 0.2) is 0 Å². The molecule has 2 aromatic carbocycles. The van der Waals surface area contributed by atoms with Crippen molar-refractivity contribution in [3.05, 3.63) is 79.1 Å². The van der Waals surface area contributed by atoms with Crippen molar-refractivity contribution in [3.63, 3.8) is 0 Å². The van der Waals surface area contributed by atoms with Crippen LogP contribution in [-0.4, -0.2) is 58.3 Å². The predicted molar refractivity (Wildman–Crippen MR) is 142 cm³/mol. The molecule has 0 spiro atoms. The second kappa shape index (κ2) is 10.1. The van der Waals surface area contributed by atoms with Gasteiger partial charge in [-0.25, -0.2) is 22.8 Å². The number of rotatable bonds is 7. The number of benzene rings is 2. The molecule has 1 aliphatic heterocycles. The highest BCUT2D eigenvalue weighted by Crippen LogP contribution is 2.33. The molecule has 10 nitrogen and oxygen atoms in total. The van der Waals surface area contributed by atoms with Crippen LogP contribution in [0.2, 0.25) is 0 Å². The second-order valence-electron chi connectivity index (χ2n) is 9.16. The Balaban J connectivity index is 1.26. The Kier molecular flexibility index (Phi) is 6.49. The number of anilines is 1. The summed E-state index contributed by atoms with van der Waals surface area (Å²) in [6.45, 7) is 0.713. The maximum atomic E-state index is 13.6. The first-order chi connectivity index (χ1) is 18.9. The maximum absolute atomic E-state index is 13.6. The predicted octanol–water partition coefficient (Wildman–Crippen LogP) is 4.46. The lowest BCUT2D eigenvalue weighted by Gasteiger charge is -2.32. The van der Waals surface area contributed by atoms with Gasteiger partial charge in [0.05, 0.1) is 17.7 Å². The highest BCUT2D eigenvalue weighted by Gasteiger charge is 2.31. The maximum Gasteiger partial charge on any atom is 0.306 e. The van der Waals surface area contributed by atoms with Crippen LogP contribution in [0.4, 0.5) is 10.3 Å². The number of nitrogens with one attached hydrogen (secondary N) is 1. The van der Waals surface area contributed by atoms with Gasteiger partial charge in [-0.1, -0.05) is 0 Å². The van der Waals surface area contributed by atoms with Crippen molar-refractivity contribution in [2.24, 2.45) is 0 Å². The molecule has 1 fully saturated rings. The van der Waals surface area contributed by atoms with Gasteiger partial charge in [0.25, 0.3) is 0 Å². The summed E-state index contributed by atoms with van der Waals surface area (Å²) in [5.74, 6) is 0.999. The Labute approximate surface area is 224 Å². The fraction of sp³-hybridized carbons (Fsp3) is 0.222. The van der Waals surface area contributed by atoms with Gasteiger partial charge in [0.2, 0.25) is 16.0 Å². The Morgan fingerprint density at radius 1 is 1.08 bits per heavy atom. The van der Waals surface area contributed by atoms with Crippen LogP contribution in [0.3, 0.4) is 0 Å². The van der Waals surface area contributed by atoms with Gasteiger partial charge in [-0.3, -0.25) is 4.40 Å². The van der Waals surface area contributed by atoms with E-state index in [0.717, 1.165) is 6.42 Å². The molecule has 5 aromatic rings. The van der Waals surface area contributed by atoms with Crippen LogP contribution in [0.15, 0.2) is 82.6 Å². The minimum atomic E-state index is -3.66. The van der Waals surface area contributed by atoms with Crippen molar-refractivity contribution >= 4 is 21.8 Å². The molecule has 0 saturated carbocycles. The first-order valence-corrected chi connectivity index (χ1v) is 13.8. The summed E-state index contributed by atoms with van der Waals surface area (Å²) in [5.41, 5.74) is 2.56. The Morgan fingerprint density at radius 2 is 1.87 bits per heavy atom. The third-order valence-corrected chi connectivity index (χ3v) is 8.57. The van der Waals surface area contributed by atoms with E-state index in [2.05, 4.69) is 15.3 Å². The monoisotopic (exact) mass is 548 g/mol. The highest BCUT2D eigenvalue weighted by molar-refractivity contribution is 7.89. The van der Waals surface area contributed by atoms with Crippen LogP contribution in [0, 0.1) is 5.82 Å². The van der Waals surface area contributed by atoms with E-state index in [1.54, 1.807) is 59.3 Å². The fourth-order valence-electron chi connectivity index (χ4n) is 4.76. The smallest absolute Gasteiger partial charge is 0.306 e. The van der Waals surface area contributed by atoms with Crippen LogP contribution in [-0.2, 0) is 10.0 Å². The van der Waals surface area contributed by atoms with Gasteiger partial charge in [0, 0.05) is 37.1 Å². The van der Waals surface area contributed by atoms with Crippen LogP contribution in [0.5, 0.6) is 5.75 Å². The van der Waals surface area contributed by atoms with Crippen LogP contribution < -0.4 is 10.1 Å². The largest absolute Gasteiger partial charge is 0.497 e. The molecule has 1 N–H and O–H groups in total. The first-order valence-electron chi connectivity index (χ1n) is 12.4. The van der Waals surface area contributed by atoms with Gasteiger partial charge >= 0.3 is 5.84 Å². The van der Waals surface area contributed by atoms with Crippen molar-refractivity contribution in [3.8, 4) is 28.4 Å². The normalized spacial score (nSPS) is 16.4. The lowest BCUT2D eigenvalue weighted by atomic mass is 10.1. The number of nitrogens with zero attached hydrogens (tertiary/aromatic N) is 5. The Hall–Kier alpha value is -4.29. The number of aromatic nitrogens is 4. The van der Waals surface area contributed by atoms with E-state index in [9.17, 15) is 12.8 Å². The minimum absolute atomic E-state index is 0.182. The molecule has 0 bridgehead atoms. The molecule has 0 unspecified atom stereocenters. The number of piperidine rings is 1. The summed E-state index contributed by atoms with van der Waals surface area (Å²) < 4.78 is 54.0. The second-order valence-corrected chi connectivity index (χ2v) is 11.1. The lowest BCUT2D eigenvalue weighted by Crippen LogP contribution is -2.45. The molecule has 4 heterocycles. The van der Waals surface area contributed by atoms with Crippen LogP contribution in [0.1, 0.15) is 12.8 Å². The average molecular weight is 549 g/mol. The average Bonchev–Trinajstić information content (AvgIpc) is 3.55. The molecule has 1 saturated heterocycles. The van der Waals surface area contributed by atoms with Crippen molar-refractivity contribution in [2.45, 2.75) is 23.8 Å². The van der Waals surface area contributed by atoms with Crippen molar-refractivity contribution in [1.82, 2.24) is 23.7 Å². The van der Waals surface area contributed by atoms with E-state index in [1.807, 2.05) is 0 Å². The van der Waals surface area contributed by atoms with Gasteiger partial charge in [-0.15, -0.1) is 0 Å². The summed E-state index contributed by atoms with van der Waals surface area (Å²) in [5, 5.41) is 3.31. The van der Waals surface area contributed by atoms with Crippen LogP contribution in [0.25, 0.3) is 28.5 Å². The van der Waals surface area contributed by atoms with E-state index in [4.69, 9.17) is 14.1 Å². The Bertz CT molecular complexity index is 1720. The van der Waals surface area contributed by atoms with Gasteiger partial charge in [0.1, 0.15) is 29.2 Å². The number of oxazole rings is 1. The minimum Gasteiger partial charge on any atom is -0.497 e. The molecular weight excluding hydrogens is 523 g/mol. The summed E-state index contributed by atoms with van der Waals surface area (Å²) in [6, 6.07) is 14.0. The zero-order valence-electron chi connectivity index (χ0n) is 21.0. The van der Waals surface area contributed by atoms with Crippen molar-refractivity contribution in [2.75, 3.05) is 25.5 Å². The molecular formula is C27H25FN6O4S. The zero-order valence-corrected chi connectivity index (χ0v) is 21.8. The molecule has 39 heavy (non-hydrogen) atoms. The number of hydrogen-bond acceptors (Lipinski definition) is 8. The Morgan fingerprint density at radius 3 is 2.64 bits per heavy atom. The standard InChI is InChI=1S/C27H25FN6O4S/c1-37-21-8-10-22(11-9-21)39(35,36)33-14-2-3-20(17-33)30-26-29-13-12-23(31-26)25-24(18-4-6-19(28)7-5-18)32-27-34(25)15-16-38-27/h4-13,15-16,20H,2-3,14,17H2,1H3,(H,29,30,31)/t20-/m1/s1. The molecule has 3 aromatic heterocycles. The molecule has 12 heteroatoms. The molecule has 0 radical (unpaired) electrons. The molecule has 200 valence electrons. The highest BCUT2D eigenvalue weighted by atomic mass is 32.2. The third-order valence-electron chi connectivity index (χ3n) is 6.69. The fourth-order valence-corrected chi connectivity index (χ4v) is 6.28. The SMILES string of the molecule is COc1ccc(S(=O)(=O)N2CCC[C@@H](Nc3nccc(-c4c(-c5ccc(F)cc5)nc5occn45)n3)C2)cc1. The number of sulfonamides is 1. The lowest BCUT2D eigenvalue weighted by molar-refractivity contribution is 0.326. The summed E-state index contributed by atoms with van der Waals surface area (Å²) in [7, 11) is -2.13. The number of imidazole rings is 1. The number of fused-ring (bicyclic) bond motifs is 1. The molecule has 1 atom stereocenters. The molecule has 1 aliphatic rings. The van der Waals surface area contributed by atoms with Crippen molar-refractivity contribution in [1.29, 1.82) is 0 Å². The molecule has 0 amide bonds. The van der Waals surface area contributed by atoms with Gasteiger partial charge in [-0.05, 0) is 67.4 Å². The topological polar surface area (TPSA) is 115 Å². The van der Waals surface area contributed by atoms with Crippen molar-refractivity contribution < 1.29 is 22.0 Å². The van der Waals surface area contributed by atoms with E-state index < -0.39 is 10.0 Å². The van der Waals surface area contributed by atoms with Crippen LogP contribution >= 0.6 is 0 Å². The zero-order chi connectivity index (χ0) is 27.0. The summed E-state index contributed by atoms with van der Waals surface area (Å²) in [6.07, 6.45) is 6.36. The van der Waals surface area contributed by atoms with E-state index in [-0.39, 0.29) is 23.3 Å². The van der Waals surface area contributed by atoms with Gasteiger partial charge < -0.3 is 14.5 Å². The number of methoxy groups -OCH3 is 1. The molecule has 0 aliphatic carbocycles. The summed E-state index contributed by atoms with van der Waals surface area (Å²) >= 11 is 0. The number of halogens is 1. The number of ether oxygens (including phenoxy) is 1. The van der Waals surface area contributed by atoms with E-state index >= 15 is 0 Å².